The first-order valence-corrected chi connectivity index (χ1v) is 6.92. The normalized spacial score (nSPS) is 27.8. The number of aromatic nitrogens is 4. The van der Waals surface area contributed by atoms with Gasteiger partial charge in [-0.2, -0.15) is 0 Å². The molecule has 1 aliphatic carbocycles. The number of likely N-dealkylation sites (tertiary alicyclic amines) is 1. The van der Waals surface area contributed by atoms with Crippen LogP contribution in [0.4, 0.5) is 0 Å². The molecule has 1 saturated heterocycles. The highest BCUT2D eigenvalue weighted by Crippen LogP contribution is 2.37. The first-order valence-electron chi connectivity index (χ1n) is 6.92. The van der Waals surface area contributed by atoms with Gasteiger partial charge in [-0.25, -0.2) is 4.68 Å². The molecule has 104 valence electrons. The molecular formula is C12H19N5O2. The van der Waals surface area contributed by atoms with E-state index in [4.69, 9.17) is 0 Å². The lowest BCUT2D eigenvalue weighted by atomic mass is 9.93. The van der Waals surface area contributed by atoms with E-state index in [9.17, 15) is 9.90 Å². The summed E-state index contributed by atoms with van der Waals surface area (Å²) in [6.45, 7) is 3.28. The molecule has 0 aromatic carbocycles. The summed E-state index contributed by atoms with van der Waals surface area (Å²) in [6.07, 6.45) is 4.49. The number of carbonyl (C=O) groups is 1. The lowest BCUT2D eigenvalue weighted by Gasteiger charge is -2.33. The number of hydrogen-bond acceptors (Lipinski definition) is 5. The molecule has 1 atom stereocenters. The maximum absolute atomic E-state index is 11.6. The predicted octanol–water partition coefficient (Wildman–Crippen LogP) is 0.837. The van der Waals surface area contributed by atoms with Crippen molar-refractivity contribution in [3.05, 3.63) is 5.82 Å². The Morgan fingerprint density at radius 3 is 2.95 bits per heavy atom. The minimum absolute atomic E-state index is 0.424. The summed E-state index contributed by atoms with van der Waals surface area (Å²) in [4.78, 5) is 13.7. The van der Waals surface area contributed by atoms with E-state index in [0.717, 1.165) is 31.6 Å². The summed E-state index contributed by atoms with van der Waals surface area (Å²) in [7, 11) is 0. The quantitative estimate of drug-likeness (QED) is 0.849. The number of tetrazole rings is 1. The van der Waals surface area contributed by atoms with Gasteiger partial charge >= 0.3 is 5.97 Å². The monoisotopic (exact) mass is 265 g/mol. The third-order valence-corrected chi connectivity index (χ3v) is 4.39. The molecule has 2 fully saturated rings. The number of nitrogens with zero attached hydrogens (tertiary/aromatic N) is 5. The van der Waals surface area contributed by atoms with E-state index in [1.54, 1.807) is 0 Å². The van der Waals surface area contributed by atoms with Gasteiger partial charge in [0.1, 0.15) is 5.54 Å². The van der Waals surface area contributed by atoms with Crippen LogP contribution in [-0.4, -0.2) is 48.3 Å². The van der Waals surface area contributed by atoms with Gasteiger partial charge in [-0.1, -0.05) is 6.92 Å². The molecule has 1 unspecified atom stereocenters. The second-order valence-corrected chi connectivity index (χ2v) is 5.49. The molecule has 1 N–H and O–H groups in total. The molecule has 2 heterocycles. The van der Waals surface area contributed by atoms with Crippen molar-refractivity contribution in [2.45, 2.75) is 57.2 Å². The SMILES string of the molecule is CCC1(C(=O)O)CCCN1Cc1nnnn1C1CC1. The summed E-state index contributed by atoms with van der Waals surface area (Å²) in [5.74, 6) is 0.0708. The fourth-order valence-electron chi connectivity index (χ4n) is 3.05. The topological polar surface area (TPSA) is 84.1 Å². The van der Waals surface area contributed by atoms with Crippen molar-refractivity contribution < 1.29 is 9.90 Å². The molecule has 1 aromatic rings. The van der Waals surface area contributed by atoms with Crippen LogP contribution in [0, 0.1) is 0 Å². The maximum atomic E-state index is 11.6. The lowest BCUT2D eigenvalue weighted by molar-refractivity contribution is -0.150. The van der Waals surface area contributed by atoms with Gasteiger partial charge in [0, 0.05) is 0 Å². The highest BCUT2D eigenvalue weighted by Gasteiger charge is 2.46. The highest BCUT2D eigenvalue weighted by atomic mass is 16.4. The molecule has 1 aromatic heterocycles. The van der Waals surface area contributed by atoms with Crippen LogP contribution in [0.25, 0.3) is 0 Å². The first-order chi connectivity index (χ1) is 9.17. The second-order valence-electron chi connectivity index (χ2n) is 5.49. The van der Waals surface area contributed by atoms with Crippen LogP contribution in [0.1, 0.15) is 50.9 Å². The fourth-order valence-corrected chi connectivity index (χ4v) is 3.05. The lowest BCUT2D eigenvalue weighted by Crippen LogP contribution is -2.49. The van der Waals surface area contributed by atoms with Gasteiger partial charge in [0.15, 0.2) is 5.82 Å². The number of carboxylic acid groups (broad SMARTS) is 1. The van der Waals surface area contributed by atoms with E-state index >= 15 is 0 Å². The Balaban J connectivity index is 1.81. The van der Waals surface area contributed by atoms with E-state index in [1.807, 2.05) is 16.5 Å². The Kier molecular flexibility index (Phi) is 3.00. The number of rotatable bonds is 5. The minimum Gasteiger partial charge on any atom is -0.480 e. The Labute approximate surface area is 111 Å². The van der Waals surface area contributed by atoms with Crippen LogP contribution in [0.15, 0.2) is 0 Å². The van der Waals surface area contributed by atoms with E-state index < -0.39 is 11.5 Å². The van der Waals surface area contributed by atoms with Crippen LogP contribution < -0.4 is 0 Å². The number of aliphatic carboxylic acids is 1. The molecule has 2 aliphatic rings. The van der Waals surface area contributed by atoms with Crippen LogP contribution in [0.2, 0.25) is 0 Å². The van der Waals surface area contributed by atoms with E-state index in [2.05, 4.69) is 15.5 Å². The second kappa shape index (κ2) is 4.56. The Morgan fingerprint density at radius 2 is 2.32 bits per heavy atom. The smallest absolute Gasteiger partial charge is 0.324 e. The number of carboxylic acids is 1. The van der Waals surface area contributed by atoms with Crippen molar-refractivity contribution in [2.24, 2.45) is 0 Å². The van der Waals surface area contributed by atoms with Gasteiger partial charge < -0.3 is 5.11 Å². The van der Waals surface area contributed by atoms with Crippen LogP contribution in [0.3, 0.4) is 0 Å². The van der Waals surface area contributed by atoms with Crippen molar-refractivity contribution >= 4 is 5.97 Å². The molecule has 3 rings (SSSR count). The van der Waals surface area contributed by atoms with E-state index in [-0.39, 0.29) is 0 Å². The van der Waals surface area contributed by atoms with E-state index in [1.165, 1.54) is 0 Å². The van der Waals surface area contributed by atoms with Crippen molar-refractivity contribution in [3.63, 3.8) is 0 Å². The fraction of sp³-hybridized carbons (Fsp3) is 0.833. The van der Waals surface area contributed by atoms with Gasteiger partial charge in [0.25, 0.3) is 0 Å². The third-order valence-electron chi connectivity index (χ3n) is 4.39. The van der Waals surface area contributed by atoms with Crippen molar-refractivity contribution in [3.8, 4) is 0 Å². The third kappa shape index (κ3) is 2.01. The predicted molar refractivity (Wildman–Crippen MR) is 66.4 cm³/mol. The Bertz CT molecular complexity index is 484. The summed E-state index contributed by atoms with van der Waals surface area (Å²) >= 11 is 0. The van der Waals surface area contributed by atoms with Gasteiger partial charge in [-0.3, -0.25) is 9.69 Å². The van der Waals surface area contributed by atoms with Crippen molar-refractivity contribution in [1.82, 2.24) is 25.1 Å². The average Bonchev–Trinajstić information content (AvgIpc) is 2.99. The Hall–Kier alpha value is -1.50. The van der Waals surface area contributed by atoms with Gasteiger partial charge in [-0.15, -0.1) is 5.10 Å². The Morgan fingerprint density at radius 1 is 1.53 bits per heavy atom. The molecule has 1 saturated carbocycles. The molecule has 7 nitrogen and oxygen atoms in total. The standard InChI is InChI=1S/C12H19N5O2/c1-2-12(11(18)19)6-3-7-16(12)8-10-13-14-15-17(10)9-4-5-9/h9H,2-8H2,1H3,(H,18,19). The van der Waals surface area contributed by atoms with Gasteiger partial charge in [-0.05, 0) is 49.1 Å². The average molecular weight is 265 g/mol. The van der Waals surface area contributed by atoms with Crippen LogP contribution in [-0.2, 0) is 11.3 Å². The zero-order chi connectivity index (χ0) is 13.5. The molecule has 1 aliphatic heterocycles. The summed E-state index contributed by atoms with van der Waals surface area (Å²) in [6, 6.07) is 0.424. The van der Waals surface area contributed by atoms with Gasteiger partial charge in [0.2, 0.25) is 0 Å². The highest BCUT2D eigenvalue weighted by molar-refractivity contribution is 5.79. The molecule has 0 radical (unpaired) electrons. The zero-order valence-electron chi connectivity index (χ0n) is 11.1. The largest absolute Gasteiger partial charge is 0.480 e. The zero-order valence-corrected chi connectivity index (χ0v) is 11.1. The van der Waals surface area contributed by atoms with Gasteiger partial charge in [0.05, 0.1) is 12.6 Å². The first kappa shape index (κ1) is 12.5. The summed E-state index contributed by atoms with van der Waals surface area (Å²) in [5, 5.41) is 21.4. The molecule has 0 bridgehead atoms. The molecule has 19 heavy (non-hydrogen) atoms. The van der Waals surface area contributed by atoms with Crippen molar-refractivity contribution in [1.29, 1.82) is 0 Å². The molecular weight excluding hydrogens is 246 g/mol. The van der Waals surface area contributed by atoms with E-state index in [0.29, 0.717) is 25.4 Å². The van der Waals surface area contributed by atoms with Crippen LogP contribution in [0.5, 0.6) is 0 Å². The summed E-state index contributed by atoms with van der Waals surface area (Å²) in [5.41, 5.74) is -0.736. The molecule has 0 amide bonds. The summed E-state index contributed by atoms with van der Waals surface area (Å²) < 4.78 is 1.86. The molecule has 7 heteroatoms. The van der Waals surface area contributed by atoms with Crippen molar-refractivity contribution in [2.75, 3.05) is 6.54 Å². The minimum atomic E-state index is -0.736. The van der Waals surface area contributed by atoms with Crippen LogP contribution >= 0.6 is 0 Å². The number of hydrogen-bond donors (Lipinski definition) is 1. The maximum Gasteiger partial charge on any atom is 0.324 e. The molecule has 0 spiro atoms.